The van der Waals surface area contributed by atoms with Gasteiger partial charge in [0.1, 0.15) is 5.82 Å². The number of aromatic nitrogens is 1. The molecule has 4 nitrogen and oxygen atoms in total. The molecule has 1 amide bonds. The van der Waals surface area contributed by atoms with E-state index in [4.69, 9.17) is 0 Å². The molecule has 1 aromatic rings. The van der Waals surface area contributed by atoms with E-state index < -0.39 is 0 Å². The molecule has 1 atom stereocenters. The molecule has 1 unspecified atom stereocenters. The van der Waals surface area contributed by atoms with Gasteiger partial charge < -0.3 is 10.6 Å². The maximum atomic E-state index is 12.4. The van der Waals surface area contributed by atoms with E-state index >= 15 is 0 Å². The number of carbonyl (C=O) groups is 1. The summed E-state index contributed by atoms with van der Waals surface area (Å²) < 4.78 is 0. The molecule has 0 aliphatic heterocycles. The van der Waals surface area contributed by atoms with E-state index in [0.29, 0.717) is 17.0 Å². The molecule has 0 radical (unpaired) electrons. The van der Waals surface area contributed by atoms with Crippen molar-refractivity contribution in [1.82, 2.24) is 10.3 Å². The summed E-state index contributed by atoms with van der Waals surface area (Å²) in [6.45, 7) is 7.54. The maximum Gasteiger partial charge on any atom is 0.251 e. The van der Waals surface area contributed by atoms with Crippen LogP contribution < -0.4 is 10.6 Å². The predicted molar refractivity (Wildman–Crippen MR) is 86.5 cm³/mol. The van der Waals surface area contributed by atoms with Crippen molar-refractivity contribution < 1.29 is 4.79 Å². The maximum absolute atomic E-state index is 12.4. The molecule has 1 aliphatic rings. The molecule has 0 aromatic carbocycles. The number of amides is 1. The average molecular weight is 289 g/mol. The van der Waals surface area contributed by atoms with E-state index in [1.165, 1.54) is 12.8 Å². The summed E-state index contributed by atoms with van der Waals surface area (Å²) in [6.07, 6.45) is 7.32. The highest BCUT2D eigenvalue weighted by atomic mass is 16.1. The Bertz CT molecular complexity index is 485. The first-order valence-corrected chi connectivity index (χ1v) is 8.01. The van der Waals surface area contributed by atoms with Gasteiger partial charge in [-0.15, -0.1) is 0 Å². The van der Waals surface area contributed by atoms with Gasteiger partial charge in [0.15, 0.2) is 0 Å². The fraction of sp³-hybridized carbons (Fsp3) is 0.647. The first-order valence-electron chi connectivity index (χ1n) is 8.01. The Hall–Kier alpha value is -1.58. The predicted octanol–water partition coefficient (Wildman–Crippen LogP) is 3.60. The first-order chi connectivity index (χ1) is 10.00. The van der Waals surface area contributed by atoms with Gasteiger partial charge in [-0.1, -0.05) is 27.2 Å². The summed E-state index contributed by atoms with van der Waals surface area (Å²) >= 11 is 0. The van der Waals surface area contributed by atoms with Crippen LogP contribution in [0.4, 0.5) is 5.82 Å². The Morgan fingerprint density at radius 1 is 1.48 bits per heavy atom. The standard InChI is InChI=1S/C17H27N3O/c1-4-9-18-15-11-13(7-10-19-15)16(21)20-14-6-5-8-17(2,3)12-14/h7,10-11,14H,4-6,8-9,12H2,1-3H3,(H,18,19)(H,20,21). The molecule has 0 spiro atoms. The number of pyridine rings is 1. The topological polar surface area (TPSA) is 54.0 Å². The third kappa shape index (κ3) is 4.73. The third-order valence-electron chi connectivity index (χ3n) is 4.12. The van der Waals surface area contributed by atoms with Gasteiger partial charge >= 0.3 is 0 Å². The quantitative estimate of drug-likeness (QED) is 0.870. The summed E-state index contributed by atoms with van der Waals surface area (Å²) in [5, 5.41) is 6.39. The van der Waals surface area contributed by atoms with Gasteiger partial charge in [-0.3, -0.25) is 4.79 Å². The minimum Gasteiger partial charge on any atom is -0.370 e. The second-order valence-corrected chi connectivity index (χ2v) is 6.79. The third-order valence-corrected chi connectivity index (χ3v) is 4.12. The minimum atomic E-state index is 0.0136. The van der Waals surface area contributed by atoms with Crippen molar-refractivity contribution in [3.8, 4) is 0 Å². The molecule has 0 saturated heterocycles. The molecule has 4 heteroatoms. The second-order valence-electron chi connectivity index (χ2n) is 6.79. The van der Waals surface area contributed by atoms with Crippen molar-refractivity contribution in [2.24, 2.45) is 5.41 Å². The van der Waals surface area contributed by atoms with Crippen LogP contribution in [-0.4, -0.2) is 23.5 Å². The van der Waals surface area contributed by atoms with Crippen LogP contribution in [-0.2, 0) is 0 Å². The van der Waals surface area contributed by atoms with Gasteiger partial charge in [-0.05, 0) is 43.2 Å². The Morgan fingerprint density at radius 3 is 3.00 bits per heavy atom. The van der Waals surface area contributed by atoms with Crippen LogP contribution in [0.25, 0.3) is 0 Å². The van der Waals surface area contributed by atoms with Crippen LogP contribution >= 0.6 is 0 Å². The smallest absolute Gasteiger partial charge is 0.251 e. The van der Waals surface area contributed by atoms with E-state index in [1.54, 1.807) is 12.3 Å². The number of carbonyl (C=O) groups excluding carboxylic acids is 1. The molecule has 1 saturated carbocycles. The lowest BCUT2D eigenvalue weighted by Gasteiger charge is -2.35. The molecule has 1 aliphatic carbocycles. The Morgan fingerprint density at radius 2 is 2.29 bits per heavy atom. The van der Waals surface area contributed by atoms with Gasteiger partial charge in [0.25, 0.3) is 5.91 Å². The minimum absolute atomic E-state index is 0.0136. The van der Waals surface area contributed by atoms with Crippen molar-refractivity contribution in [3.05, 3.63) is 23.9 Å². The second kappa shape index (κ2) is 6.92. The van der Waals surface area contributed by atoms with E-state index in [2.05, 4.69) is 36.4 Å². The van der Waals surface area contributed by atoms with Gasteiger partial charge in [0, 0.05) is 24.3 Å². The number of nitrogens with zero attached hydrogens (tertiary/aromatic N) is 1. The lowest BCUT2D eigenvalue weighted by atomic mass is 9.75. The van der Waals surface area contributed by atoms with E-state index in [9.17, 15) is 4.79 Å². The van der Waals surface area contributed by atoms with E-state index in [-0.39, 0.29) is 5.91 Å². The van der Waals surface area contributed by atoms with E-state index in [1.807, 2.05) is 6.07 Å². The van der Waals surface area contributed by atoms with Gasteiger partial charge in [0.2, 0.25) is 0 Å². The zero-order chi connectivity index (χ0) is 15.3. The molecule has 1 heterocycles. The Kier molecular flexibility index (Phi) is 5.21. The van der Waals surface area contributed by atoms with Crippen molar-refractivity contribution in [2.45, 2.75) is 58.9 Å². The number of anilines is 1. The summed E-state index contributed by atoms with van der Waals surface area (Å²) in [5.41, 5.74) is 1.02. The van der Waals surface area contributed by atoms with Gasteiger partial charge in [0.05, 0.1) is 0 Å². The van der Waals surface area contributed by atoms with Crippen LogP contribution in [0.2, 0.25) is 0 Å². The number of hydrogen-bond donors (Lipinski definition) is 2. The molecule has 1 fully saturated rings. The Labute approximate surface area is 127 Å². The average Bonchev–Trinajstić information content (AvgIpc) is 2.44. The molecule has 2 rings (SSSR count). The zero-order valence-corrected chi connectivity index (χ0v) is 13.4. The number of hydrogen-bond acceptors (Lipinski definition) is 3. The van der Waals surface area contributed by atoms with Crippen LogP contribution in [0.5, 0.6) is 0 Å². The first kappa shape index (κ1) is 15.8. The summed E-state index contributed by atoms with van der Waals surface area (Å²) in [7, 11) is 0. The number of nitrogens with one attached hydrogen (secondary N) is 2. The Balaban J connectivity index is 1.96. The summed E-state index contributed by atoms with van der Waals surface area (Å²) in [5.74, 6) is 0.785. The molecular weight excluding hydrogens is 262 g/mol. The molecule has 116 valence electrons. The van der Waals surface area contributed by atoms with Crippen LogP contribution in [0.3, 0.4) is 0 Å². The molecular formula is C17H27N3O. The SMILES string of the molecule is CCCNc1cc(C(=O)NC2CCCC(C)(C)C2)ccn1. The molecule has 0 bridgehead atoms. The van der Waals surface area contributed by atoms with Crippen molar-refractivity contribution >= 4 is 11.7 Å². The van der Waals surface area contributed by atoms with Gasteiger partial charge in [-0.2, -0.15) is 0 Å². The van der Waals surface area contributed by atoms with E-state index in [0.717, 1.165) is 31.6 Å². The highest BCUT2D eigenvalue weighted by molar-refractivity contribution is 5.95. The highest BCUT2D eigenvalue weighted by Gasteiger charge is 2.28. The van der Waals surface area contributed by atoms with Crippen LogP contribution in [0, 0.1) is 5.41 Å². The lowest BCUT2D eigenvalue weighted by Crippen LogP contribution is -2.40. The van der Waals surface area contributed by atoms with Crippen LogP contribution in [0.1, 0.15) is 63.2 Å². The number of rotatable bonds is 5. The van der Waals surface area contributed by atoms with Crippen molar-refractivity contribution in [3.63, 3.8) is 0 Å². The fourth-order valence-corrected chi connectivity index (χ4v) is 3.01. The zero-order valence-electron chi connectivity index (χ0n) is 13.4. The summed E-state index contributed by atoms with van der Waals surface area (Å²) in [4.78, 5) is 16.6. The molecule has 21 heavy (non-hydrogen) atoms. The molecule has 2 N–H and O–H groups in total. The largest absolute Gasteiger partial charge is 0.370 e. The fourth-order valence-electron chi connectivity index (χ4n) is 3.01. The highest BCUT2D eigenvalue weighted by Crippen LogP contribution is 2.35. The monoisotopic (exact) mass is 289 g/mol. The van der Waals surface area contributed by atoms with Gasteiger partial charge in [-0.25, -0.2) is 4.98 Å². The van der Waals surface area contributed by atoms with Crippen LogP contribution in [0.15, 0.2) is 18.3 Å². The lowest BCUT2D eigenvalue weighted by molar-refractivity contribution is 0.0902. The van der Waals surface area contributed by atoms with Crippen molar-refractivity contribution in [2.75, 3.05) is 11.9 Å². The summed E-state index contributed by atoms with van der Waals surface area (Å²) in [6, 6.07) is 3.90. The normalized spacial score (nSPS) is 20.8. The molecule has 1 aromatic heterocycles. The van der Waals surface area contributed by atoms with Crippen molar-refractivity contribution in [1.29, 1.82) is 0 Å².